The Balaban J connectivity index is 1.59. The average molecular weight is 378 g/mol. The molecule has 3 rings (SSSR count). The van der Waals surface area contributed by atoms with Crippen molar-refractivity contribution in [2.24, 2.45) is 5.92 Å². The second-order valence-electron chi connectivity index (χ2n) is 7.34. The Hall–Kier alpha value is -1.83. The average Bonchev–Trinajstić information content (AvgIpc) is 2.92. The van der Waals surface area contributed by atoms with Crippen molar-refractivity contribution in [2.75, 3.05) is 46.0 Å². The van der Waals surface area contributed by atoms with Gasteiger partial charge >= 0.3 is 0 Å². The molecule has 1 amide bonds. The van der Waals surface area contributed by atoms with Crippen LogP contribution >= 0.6 is 0 Å². The summed E-state index contributed by atoms with van der Waals surface area (Å²) in [6, 6.07) is 3.64. The van der Waals surface area contributed by atoms with Crippen LogP contribution in [0.4, 0.5) is 0 Å². The van der Waals surface area contributed by atoms with E-state index in [4.69, 9.17) is 14.6 Å². The molecule has 1 fully saturated rings. The predicted molar refractivity (Wildman–Crippen MR) is 101 cm³/mol. The number of rotatable bonds is 6. The monoisotopic (exact) mass is 378 g/mol. The van der Waals surface area contributed by atoms with E-state index >= 15 is 0 Å². The zero-order valence-electron chi connectivity index (χ0n) is 15.9. The molecule has 3 N–H and O–H groups in total. The number of β-amino-alcohol motifs (C(OH)–C–C–N with tert-alkyl or cyclic N) is 1. The van der Waals surface area contributed by atoms with E-state index < -0.39 is 6.10 Å². The number of aryl methyl sites for hydroxylation is 1. The molecule has 0 spiro atoms. The topological polar surface area (TPSA) is 91.3 Å². The second kappa shape index (κ2) is 9.39. The number of nitrogens with one attached hydrogen (secondary N) is 1. The summed E-state index contributed by atoms with van der Waals surface area (Å²) < 4.78 is 11.5. The number of likely N-dealkylation sites (tertiary alicyclic amines) is 1. The number of hydrogen-bond donors (Lipinski definition) is 3. The Morgan fingerprint density at radius 1 is 1.30 bits per heavy atom. The van der Waals surface area contributed by atoms with E-state index in [2.05, 4.69) is 10.2 Å². The minimum atomic E-state index is -0.479. The molecular weight excluding hydrogens is 348 g/mol. The van der Waals surface area contributed by atoms with Gasteiger partial charge in [-0.25, -0.2) is 0 Å². The van der Waals surface area contributed by atoms with Gasteiger partial charge in [0.05, 0.1) is 24.9 Å². The zero-order valence-corrected chi connectivity index (χ0v) is 15.9. The van der Waals surface area contributed by atoms with Crippen molar-refractivity contribution in [3.8, 4) is 11.5 Å². The van der Waals surface area contributed by atoms with Gasteiger partial charge in [-0.05, 0) is 37.9 Å². The highest BCUT2D eigenvalue weighted by atomic mass is 16.5. The number of piperidine rings is 1. The normalized spacial score (nSPS) is 22.9. The van der Waals surface area contributed by atoms with Gasteiger partial charge in [-0.3, -0.25) is 4.79 Å². The largest absolute Gasteiger partial charge is 0.489 e. The summed E-state index contributed by atoms with van der Waals surface area (Å²) >= 11 is 0. The predicted octanol–water partition coefficient (Wildman–Crippen LogP) is 0.951. The van der Waals surface area contributed by atoms with Gasteiger partial charge in [0.25, 0.3) is 5.91 Å². The summed E-state index contributed by atoms with van der Waals surface area (Å²) in [6.07, 6.45) is 1.84. The number of amides is 1. The molecule has 1 aromatic rings. The standard InChI is InChI=1S/C20H30N2O5/c1-14-4-5-16(19-18(14)26-10-3-11-27-19)20(25)21-12-15-6-8-22(7-2-9-23)13-17(15)24/h4-5,15,17,23-24H,2-3,6-13H2,1H3,(H,21,25)/t15?,17-/m1/s1. The van der Waals surface area contributed by atoms with Crippen molar-refractivity contribution in [1.82, 2.24) is 10.2 Å². The lowest BCUT2D eigenvalue weighted by molar-refractivity contribution is 0.0201. The van der Waals surface area contributed by atoms with Crippen molar-refractivity contribution >= 4 is 5.91 Å². The van der Waals surface area contributed by atoms with Crippen LogP contribution in [0.5, 0.6) is 11.5 Å². The molecule has 2 heterocycles. The number of aliphatic hydroxyl groups excluding tert-OH is 2. The fourth-order valence-corrected chi connectivity index (χ4v) is 3.67. The van der Waals surface area contributed by atoms with E-state index in [1.54, 1.807) is 6.07 Å². The summed E-state index contributed by atoms with van der Waals surface area (Å²) in [5.41, 5.74) is 1.43. The van der Waals surface area contributed by atoms with E-state index in [0.717, 1.165) is 31.5 Å². The fourth-order valence-electron chi connectivity index (χ4n) is 3.67. The molecule has 0 aromatic heterocycles. The Morgan fingerprint density at radius 3 is 2.81 bits per heavy atom. The van der Waals surface area contributed by atoms with Crippen LogP contribution in [0.25, 0.3) is 0 Å². The summed E-state index contributed by atoms with van der Waals surface area (Å²) in [5, 5.41) is 22.3. The van der Waals surface area contributed by atoms with Crippen molar-refractivity contribution in [1.29, 1.82) is 0 Å². The SMILES string of the molecule is Cc1ccc(C(=O)NCC2CCN(CCCO)C[C@H]2O)c2c1OCCCO2. The van der Waals surface area contributed by atoms with Crippen molar-refractivity contribution in [3.63, 3.8) is 0 Å². The highest BCUT2D eigenvalue weighted by Crippen LogP contribution is 2.36. The fraction of sp³-hybridized carbons (Fsp3) is 0.650. The zero-order chi connectivity index (χ0) is 19.2. The summed E-state index contributed by atoms with van der Waals surface area (Å²) in [7, 11) is 0. The molecule has 0 saturated carbocycles. The highest BCUT2D eigenvalue weighted by molar-refractivity contribution is 5.98. The van der Waals surface area contributed by atoms with Gasteiger partial charge in [-0.1, -0.05) is 6.07 Å². The molecule has 7 heteroatoms. The Kier molecular flexibility index (Phi) is 6.93. The van der Waals surface area contributed by atoms with Gasteiger partial charge in [0.1, 0.15) is 0 Å². The van der Waals surface area contributed by atoms with E-state index in [0.29, 0.717) is 49.8 Å². The molecular formula is C20H30N2O5. The smallest absolute Gasteiger partial charge is 0.255 e. The van der Waals surface area contributed by atoms with Crippen molar-refractivity contribution in [2.45, 2.75) is 32.3 Å². The molecule has 2 atom stereocenters. The van der Waals surface area contributed by atoms with Crippen LogP contribution in [0, 0.1) is 12.8 Å². The number of carbonyl (C=O) groups is 1. The molecule has 0 aliphatic carbocycles. The first-order valence-corrected chi connectivity index (χ1v) is 9.79. The van der Waals surface area contributed by atoms with Crippen LogP contribution < -0.4 is 14.8 Å². The number of ether oxygens (including phenoxy) is 2. The first kappa shape index (κ1) is 19.9. The van der Waals surface area contributed by atoms with Gasteiger partial charge < -0.3 is 29.9 Å². The minimum Gasteiger partial charge on any atom is -0.489 e. The first-order chi connectivity index (χ1) is 13.1. The summed E-state index contributed by atoms with van der Waals surface area (Å²) in [6.45, 7) is 5.89. The quantitative estimate of drug-likeness (QED) is 0.683. The molecule has 0 radical (unpaired) electrons. The maximum Gasteiger partial charge on any atom is 0.255 e. The number of benzene rings is 1. The molecule has 1 aromatic carbocycles. The Labute approximate surface area is 160 Å². The highest BCUT2D eigenvalue weighted by Gasteiger charge is 2.28. The molecule has 150 valence electrons. The molecule has 27 heavy (non-hydrogen) atoms. The lowest BCUT2D eigenvalue weighted by atomic mass is 9.93. The number of carbonyl (C=O) groups excluding carboxylic acids is 1. The van der Waals surface area contributed by atoms with Gasteiger partial charge in [-0.2, -0.15) is 0 Å². The maximum absolute atomic E-state index is 12.7. The van der Waals surface area contributed by atoms with Crippen LogP contribution in [0.15, 0.2) is 12.1 Å². The van der Waals surface area contributed by atoms with Gasteiger partial charge in [0, 0.05) is 38.6 Å². The van der Waals surface area contributed by atoms with E-state index in [-0.39, 0.29) is 18.4 Å². The lowest BCUT2D eigenvalue weighted by Crippen LogP contribution is -2.47. The summed E-state index contributed by atoms with van der Waals surface area (Å²) in [5.74, 6) is 0.994. The molecule has 2 aliphatic heterocycles. The number of fused-ring (bicyclic) bond motifs is 1. The number of hydrogen-bond acceptors (Lipinski definition) is 6. The van der Waals surface area contributed by atoms with Gasteiger partial charge in [0.15, 0.2) is 11.5 Å². The minimum absolute atomic E-state index is 0.0283. The summed E-state index contributed by atoms with van der Waals surface area (Å²) in [4.78, 5) is 14.9. The molecule has 1 saturated heterocycles. The third-order valence-electron chi connectivity index (χ3n) is 5.30. The van der Waals surface area contributed by atoms with E-state index in [1.165, 1.54) is 0 Å². The van der Waals surface area contributed by atoms with E-state index in [1.807, 2.05) is 13.0 Å². The Bertz CT molecular complexity index is 652. The lowest BCUT2D eigenvalue weighted by Gasteiger charge is -2.36. The molecule has 2 aliphatic rings. The van der Waals surface area contributed by atoms with Crippen molar-refractivity contribution in [3.05, 3.63) is 23.3 Å². The Morgan fingerprint density at radius 2 is 2.07 bits per heavy atom. The van der Waals surface area contributed by atoms with Crippen LogP contribution in [0.2, 0.25) is 0 Å². The first-order valence-electron chi connectivity index (χ1n) is 9.79. The van der Waals surface area contributed by atoms with Crippen LogP contribution in [0.1, 0.15) is 35.2 Å². The van der Waals surface area contributed by atoms with Gasteiger partial charge in [-0.15, -0.1) is 0 Å². The van der Waals surface area contributed by atoms with Crippen LogP contribution in [-0.4, -0.2) is 73.1 Å². The van der Waals surface area contributed by atoms with Crippen LogP contribution in [-0.2, 0) is 0 Å². The molecule has 7 nitrogen and oxygen atoms in total. The molecule has 0 bridgehead atoms. The third kappa shape index (κ3) is 4.91. The molecule has 1 unspecified atom stereocenters. The number of aliphatic hydroxyl groups is 2. The van der Waals surface area contributed by atoms with E-state index in [9.17, 15) is 9.90 Å². The maximum atomic E-state index is 12.7. The third-order valence-corrected chi connectivity index (χ3v) is 5.30. The van der Waals surface area contributed by atoms with Crippen molar-refractivity contribution < 1.29 is 24.5 Å². The second-order valence-corrected chi connectivity index (χ2v) is 7.34. The van der Waals surface area contributed by atoms with Gasteiger partial charge in [0.2, 0.25) is 0 Å². The van der Waals surface area contributed by atoms with Crippen LogP contribution in [0.3, 0.4) is 0 Å². The number of nitrogens with zero attached hydrogens (tertiary/aromatic N) is 1.